The van der Waals surface area contributed by atoms with Gasteiger partial charge >= 0.3 is 0 Å². The molecule has 1 N–H and O–H groups in total. The topological polar surface area (TPSA) is 63.6 Å². The molecule has 8 heteroatoms. The molecule has 3 aromatic rings. The fourth-order valence-electron chi connectivity index (χ4n) is 3.79. The van der Waals surface area contributed by atoms with Crippen molar-refractivity contribution >= 4 is 56.8 Å². The van der Waals surface area contributed by atoms with Crippen molar-refractivity contribution in [3.63, 3.8) is 0 Å². The van der Waals surface area contributed by atoms with Crippen molar-refractivity contribution in [2.24, 2.45) is 0 Å². The molecule has 2 heterocycles. The number of carbonyl (C=O) groups is 2. The highest BCUT2D eigenvalue weighted by Gasteiger charge is 2.36. The fraction of sp³-hybridized carbons (Fsp3) is 0.125. The van der Waals surface area contributed by atoms with Crippen LogP contribution in [0, 0.1) is 13.8 Å². The van der Waals surface area contributed by atoms with Crippen LogP contribution in [-0.4, -0.2) is 28.6 Å². The zero-order chi connectivity index (χ0) is 23.0. The molecule has 1 aliphatic rings. The van der Waals surface area contributed by atoms with Crippen molar-refractivity contribution in [3.8, 4) is 11.4 Å². The summed E-state index contributed by atoms with van der Waals surface area (Å²) in [7, 11) is 1.52. The van der Waals surface area contributed by atoms with Gasteiger partial charge in [0.15, 0.2) is 5.11 Å². The number of methoxy groups -OCH3 is 1. The molecular formula is C24H20BrN3O3S. The maximum Gasteiger partial charge on any atom is 0.270 e. The van der Waals surface area contributed by atoms with Crippen molar-refractivity contribution in [1.82, 2.24) is 9.88 Å². The zero-order valence-corrected chi connectivity index (χ0v) is 20.1. The third-order valence-corrected chi connectivity index (χ3v) is 6.04. The Labute approximate surface area is 199 Å². The van der Waals surface area contributed by atoms with Crippen LogP contribution in [0.4, 0.5) is 5.69 Å². The number of nitrogens with zero attached hydrogens (tertiary/aromatic N) is 2. The molecule has 1 saturated heterocycles. The van der Waals surface area contributed by atoms with E-state index in [0.29, 0.717) is 11.4 Å². The van der Waals surface area contributed by atoms with Crippen LogP contribution >= 0.6 is 28.1 Å². The number of aromatic nitrogens is 1. The SMILES string of the molecule is COc1ccccc1N1C(=O)/C(=C/c2cc(C)n(-c3cccc(Br)c3)c2C)C(=O)NC1=S. The Morgan fingerprint density at radius 2 is 1.81 bits per heavy atom. The summed E-state index contributed by atoms with van der Waals surface area (Å²) in [6.45, 7) is 3.93. The minimum atomic E-state index is -0.529. The number of halogens is 1. The van der Waals surface area contributed by atoms with Gasteiger partial charge in [0.1, 0.15) is 11.3 Å². The number of amides is 2. The molecule has 1 aliphatic heterocycles. The van der Waals surface area contributed by atoms with E-state index in [9.17, 15) is 9.59 Å². The lowest BCUT2D eigenvalue weighted by Gasteiger charge is -2.29. The average Bonchev–Trinajstić information content (AvgIpc) is 3.04. The first-order valence-electron chi connectivity index (χ1n) is 9.81. The van der Waals surface area contributed by atoms with Gasteiger partial charge in [0.25, 0.3) is 11.8 Å². The molecule has 0 spiro atoms. The molecule has 2 amide bonds. The standard InChI is InChI=1S/C24H20BrN3O3S/c1-14-11-16(15(2)27(14)18-8-6-7-17(25)13-18)12-19-22(29)26-24(32)28(23(19)30)20-9-4-5-10-21(20)31-3/h4-13H,1-3H3,(H,26,29,32)/b19-12+. The smallest absolute Gasteiger partial charge is 0.270 e. The van der Waals surface area contributed by atoms with E-state index < -0.39 is 11.8 Å². The second-order valence-corrected chi connectivity index (χ2v) is 8.57. The molecule has 4 rings (SSSR count). The van der Waals surface area contributed by atoms with Crippen molar-refractivity contribution < 1.29 is 14.3 Å². The van der Waals surface area contributed by atoms with Gasteiger partial charge in [-0.25, -0.2) is 4.90 Å². The summed E-state index contributed by atoms with van der Waals surface area (Å²) in [5.41, 5.74) is 4.11. The van der Waals surface area contributed by atoms with E-state index in [-0.39, 0.29) is 10.7 Å². The van der Waals surface area contributed by atoms with Gasteiger partial charge in [0.05, 0.1) is 12.8 Å². The zero-order valence-electron chi connectivity index (χ0n) is 17.7. The molecule has 0 atom stereocenters. The van der Waals surface area contributed by atoms with Gasteiger partial charge in [0, 0.05) is 21.5 Å². The van der Waals surface area contributed by atoms with E-state index in [2.05, 4.69) is 25.8 Å². The average molecular weight is 510 g/mol. The molecular weight excluding hydrogens is 490 g/mol. The Balaban J connectivity index is 1.79. The van der Waals surface area contributed by atoms with Crippen molar-refractivity contribution in [1.29, 1.82) is 0 Å². The number of hydrogen-bond acceptors (Lipinski definition) is 4. The molecule has 0 aliphatic carbocycles. The normalized spacial score (nSPS) is 15.3. The number of rotatable bonds is 4. The summed E-state index contributed by atoms with van der Waals surface area (Å²) >= 11 is 8.80. The van der Waals surface area contributed by atoms with E-state index in [1.807, 2.05) is 44.2 Å². The van der Waals surface area contributed by atoms with E-state index in [1.165, 1.54) is 12.0 Å². The summed E-state index contributed by atoms with van der Waals surface area (Å²) < 4.78 is 8.42. The highest BCUT2D eigenvalue weighted by Crippen LogP contribution is 2.31. The minimum Gasteiger partial charge on any atom is -0.495 e. The van der Waals surface area contributed by atoms with Gasteiger partial charge in [-0.05, 0) is 74.1 Å². The lowest BCUT2D eigenvalue weighted by atomic mass is 10.1. The quantitative estimate of drug-likeness (QED) is 0.314. The van der Waals surface area contributed by atoms with E-state index in [4.69, 9.17) is 17.0 Å². The van der Waals surface area contributed by atoms with Crippen LogP contribution in [0.1, 0.15) is 17.0 Å². The van der Waals surface area contributed by atoms with E-state index >= 15 is 0 Å². The molecule has 1 aromatic heterocycles. The number of anilines is 1. The monoisotopic (exact) mass is 509 g/mol. The third-order valence-electron chi connectivity index (χ3n) is 5.26. The second-order valence-electron chi connectivity index (χ2n) is 7.27. The van der Waals surface area contributed by atoms with Gasteiger partial charge in [-0.15, -0.1) is 0 Å². The van der Waals surface area contributed by atoms with Crippen molar-refractivity contribution in [2.75, 3.05) is 12.0 Å². The van der Waals surface area contributed by atoms with E-state index in [1.54, 1.807) is 30.3 Å². The fourth-order valence-corrected chi connectivity index (χ4v) is 4.45. The number of ether oxygens (including phenoxy) is 1. The summed E-state index contributed by atoms with van der Waals surface area (Å²) in [6.07, 6.45) is 1.61. The molecule has 1 fully saturated rings. The number of nitrogens with one attached hydrogen (secondary N) is 1. The Morgan fingerprint density at radius 1 is 1.06 bits per heavy atom. The minimum absolute atomic E-state index is 0.000927. The number of hydrogen-bond donors (Lipinski definition) is 1. The van der Waals surface area contributed by atoms with Crippen LogP contribution in [0.15, 0.2) is 64.6 Å². The van der Waals surface area contributed by atoms with Crippen LogP contribution in [0.5, 0.6) is 5.75 Å². The Hall–Kier alpha value is -3.23. The van der Waals surface area contributed by atoms with Crippen LogP contribution in [0.3, 0.4) is 0 Å². The number of carbonyl (C=O) groups excluding carboxylic acids is 2. The highest BCUT2D eigenvalue weighted by molar-refractivity contribution is 9.10. The molecule has 162 valence electrons. The van der Waals surface area contributed by atoms with Crippen molar-refractivity contribution in [3.05, 3.63) is 81.6 Å². The summed E-state index contributed by atoms with van der Waals surface area (Å²) in [5.74, 6) is -0.555. The molecule has 2 aromatic carbocycles. The van der Waals surface area contributed by atoms with Gasteiger partial charge in [-0.2, -0.15) is 0 Å². The number of para-hydroxylation sites is 2. The van der Waals surface area contributed by atoms with Gasteiger partial charge in [0.2, 0.25) is 0 Å². The highest BCUT2D eigenvalue weighted by atomic mass is 79.9. The van der Waals surface area contributed by atoms with Gasteiger partial charge in [-0.1, -0.05) is 34.1 Å². The van der Waals surface area contributed by atoms with Gasteiger partial charge < -0.3 is 9.30 Å². The summed E-state index contributed by atoms with van der Waals surface area (Å²) in [6, 6.07) is 16.9. The Kier molecular flexibility index (Phi) is 5.99. The number of benzene rings is 2. The molecule has 0 radical (unpaired) electrons. The van der Waals surface area contributed by atoms with E-state index in [0.717, 1.165) is 27.1 Å². The van der Waals surface area contributed by atoms with Crippen LogP contribution in [-0.2, 0) is 9.59 Å². The maximum absolute atomic E-state index is 13.4. The lowest BCUT2D eigenvalue weighted by Crippen LogP contribution is -2.54. The Bertz CT molecular complexity index is 1300. The summed E-state index contributed by atoms with van der Waals surface area (Å²) in [5, 5.41) is 2.64. The predicted octanol–water partition coefficient (Wildman–Crippen LogP) is 4.70. The third kappa shape index (κ3) is 3.87. The Morgan fingerprint density at radius 3 is 2.53 bits per heavy atom. The van der Waals surface area contributed by atoms with Crippen LogP contribution in [0.25, 0.3) is 11.8 Å². The van der Waals surface area contributed by atoms with Crippen molar-refractivity contribution in [2.45, 2.75) is 13.8 Å². The summed E-state index contributed by atoms with van der Waals surface area (Å²) in [4.78, 5) is 27.4. The maximum atomic E-state index is 13.4. The molecule has 0 saturated carbocycles. The first-order valence-corrected chi connectivity index (χ1v) is 11.0. The number of aryl methyl sites for hydroxylation is 1. The first-order chi connectivity index (χ1) is 15.3. The first kappa shape index (κ1) is 22.0. The predicted molar refractivity (Wildman–Crippen MR) is 132 cm³/mol. The van der Waals surface area contributed by atoms with Gasteiger partial charge in [-0.3, -0.25) is 14.9 Å². The van der Waals surface area contributed by atoms with Crippen LogP contribution < -0.4 is 15.0 Å². The van der Waals surface area contributed by atoms with Crippen LogP contribution in [0.2, 0.25) is 0 Å². The molecule has 0 unspecified atom stereocenters. The second kappa shape index (κ2) is 8.72. The number of thiocarbonyl (C=S) groups is 1. The lowest BCUT2D eigenvalue weighted by molar-refractivity contribution is -0.122. The molecule has 32 heavy (non-hydrogen) atoms. The largest absolute Gasteiger partial charge is 0.495 e. The molecule has 0 bridgehead atoms. The molecule has 6 nitrogen and oxygen atoms in total.